The fourth-order valence-electron chi connectivity index (χ4n) is 2.32. The summed E-state index contributed by atoms with van der Waals surface area (Å²) in [5.41, 5.74) is 0. The van der Waals surface area contributed by atoms with Crippen molar-refractivity contribution in [3.05, 3.63) is 0 Å². The van der Waals surface area contributed by atoms with Crippen molar-refractivity contribution in [2.24, 2.45) is 5.92 Å². The molecule has 0 bridgehead atoms. The van der Waals surface area contributed by atoms with Crippen LogP contribution < -0.4 is 5.32 Å². The van der Waals surface area contributed by atoms with Gasteiger partial charge in [-0.25, -0.2) is 4.79 Å². The minimum Gasteiger partial charge on any atom is -0.481 e. The lowest BCUT2D eigenvalue weighted by Crippen LogP contribution is -2.63. The summed E-state index contributed by atoms with van der Waals surface area (Å²) in [5, 5.41) is 11.5. The molecule has 7 nitrogen and oxygen atoms in total. The summed E-state index contributed by atoms with van der Waals surface area (Å²) in [6.45, 7) is 3.27. The number of amides is 3. The van der Waals surface area contributed by atoms with Crippen LogP contribution in [0.3, 0.4) is 0 Å². The van der Waals surface area contributed by atoms with E-state index in [1.54, 1.807) is 0 Å². The number of rotatable bonds is 2. The summed E-state index contributed by atoms with van der Waals surface area (Å²) >= 11 is 0. The van der Waals surface area contributed by atoms with Crippen LogP contribution in [0.5, 0.6) is 0 Å². The van der Waals surface area contributed by atoms with Gasteiger partial charge in [0.05, 0.1) is 5.92 Å². The number of piperazine rings is 1. The number of carbonyl (C=O) groups is 3. The minimum atomic E-state index is -0.873. The molecule has 0 saturated carbocycles. The molecule has 18 heavy (non-hydrogen) atoms. The smallest absolute Gasteiger partial charge is 0.320 e. The molecule has 0 aliphatic carbocycles. The highest BCUT2D eigenvalue weighted by atomic mass is 16.4. The van der Waals surface area contributed by atoms with Crippen molar-refractivity contribution in [2.75, 3.05) is 26.2 Å². The van der Waals surface area contributed by atoms with Crippen LogP contribution in [0, 0.1) is 5.92 Å². The van der Waals surface area contributed by atoms with Crippen molar-refractivity contribution >= 4 is 17.9 Å². The molecule has 0 spiro atoms. The summed E-state index contributed by atoms with van der Waals surface area (Å²) in [6, 6.07) is -0.663. The van der Waals surface area contributed by atoms with Crippen molar-refractivity contribution in [3.63, 3.8) is 0 Å². The lowest BCUT2D eigenvalue weighted by molar-refractivity contribution is -0.146. The van der Waals surface area contributed by atoms with E-state index in [-0.39, 0.29) is 25.0 Å². The first-order chi connectivity index (χ1) is 8.54. The topological polar surface area (TPSA) is 90.0 Å². The molecular formula is C11H17N3O4. The van der Waals surface area contributed by atoms with E-state index in [4.69, 9.17) is 5.11 Å². The second-order valence-electron chi connectivity index (χ2n) is 4.63. The van der Waals surface area contributed by atoms with E-state index in [0.717, 1.165) is 0 Å². The molecule has 7 heteroatoms. The fraction of sp³-hybridized carbons (Fsp3) is 0.727. The number of urea groups is 1. The summed E-state index contributed by atoms with van der Waals surface area (Å²) < 4.78 is 0. The maximum absolute atomic E-state index is 12.1. The Morgan fingerprint density at radius 2 is 2.11 bits per heavy atom. The molecule has 2 heterocycles. The number of likely N-dealkylation sites (tertiary alicyclic amines) is 1. The first kappa shape index (κ1) is 12.7. The number of hydrogen-bond acceptors (Lipinski definition) is 3. The molecule has 0 radical (unpaired) electrons. The molecule has 2 aliphatic rings. The van der Waals surface area contributed by atoms with Crippen LogP contribution in [-0.2, 0) is 9.59 Å². The number of carboxylic acid groups (broad SMARTS) is 1. The Hall–Kier alpha value is -1.79. The molecule has 2 aliphatic heterocycles. The standard InChI is InChI=1S/C11H17N3O4/c1-2-8-9(15)12-3-4-14(8)11(18)13-5-7(6-13)10(16)17/h7-8H,2-6H2,1H3,(H,12,15)(H,16,17). The zero-order chi connectivity index (χ0) is 13.3. The zero-order valence-corrected chi connectivity index (χ0v) is 10.3. The third-order valence-corrected chi connectivity index (χ3v) is 3.46. The Bertz CT molecular complexity index is 378. The Morgan fingerprint density at radius 1 is 1.44 bits per heavy atom. The predicted molar refractivity (Wildman–Crippen MR) is 61.9 cm³/mol. The van der Waals surface area contributed by atoms with Crippen LogP contribution in [0.4, 0.5) is 4.79 Å². The second-order valence-corrected chi connectivity index (χ2v) is 4.63. The average molecular weight is 255 g/mol. The fourth-order valence-corrected chi connectivity index (χ4v) is 2.32. The van der Waals surface area contributed by atoms with Crippen LogP contribution in [0.2, 0.25) is 0 Å². The summed E-state index contributed by atoms with van der Waals surface area (Å²) in [4.78, 5) is 37.5. The molecule has 0 aromatic rings. The van der Waals surface area contributed by atoms with Gasteiger partial charge in [0.2, 0.25) is 5.91 Å². The van der Waals surface area contributed by atoms with E-state index in [1.165, 1.54) is 9.80 Å². The van der Waals surface area contributed by atoms with Crippen LogP contribution in [-0.4, -0.2) is 65.0 Å². The Labute approximate surface area is 105 Å². The molecule has 1 unspecified atom stereocenters. The first-order valence-corrected chi connectivity index (χ1v) is 6.10. The third-order valence-electron chi connectivity index (χ3n) is 3.46. The van der Waals surface area contributed by atoms with Gasteiger partial charge in [-0.15, -0.1) is 0 Å². The number of carboxylic acids is 1. The van der Waals surface area contributed by atoms with E-state index in [2.05, 4.69) is 5.32 Å². The lowest BCUT2D eigenvalue weighted by atomic mass is 10.0. The predicted octanol–water partition coefficient (Wildman–Crippen LogP) is -0.667. The third kappa shape index (κ3) is 2.12. The molecule has 1 atom stereocenters. The summed E-state index contributed by atoms with van der Waals surface area (Å²) in [5.74, 6) is -1.47. The quantitative estimate of drug-likeness (QED) is 0.685. The van der Waals surface area contributed by atoms with Gasteiger partial charge in [0.1, 0.15) is 6.04 Å². The van der Waals surface area contributed by atoms with E-state index in [9.17, 15) is 14.4 Å². The van der Waals surface area contributed by atoms with Crippen molar-refractivity contribution in [1.29, 1.82) is 0 Å². The Kier molecular flexibility index (Phi) is 3.40. The highest BCUT2D eigenvalue weighted by Crippen LogP contribution is 2.20. The second kappa shape index (κ2) is 4.83. The van der Waals surface area contributed by atoms with Crippen LogP contribution >= 0.6 is 0 Å². The molecule has 3 amide bonds. The van der Waals surface area contributed by atoms with Gasteiger partial charge in [0, 0.05) is 26.2 Å². The molecule has 2 rings (SSSR count). The van der Waals surface area contributed by atoms with Gasteiger partial charge in [-0.2, -0.15) is 0 Å². The number of hydrogen-bond donors (Lipinski definition) is 2. The van der Waals surface area contributed by atoms with Gasteiger partial charge in [0.25, 0.3) is 0 Å². The summed E-state index contributed by atoms with van der Waals surface area (Å²) in [6.07, 6.45) is 0.563. The zero-order valence-electron chi connectivity index (χ0n) is 10.3. The SMILES string of the molecule is CCC1C(=O)NCCN1C(=O)N1CC(C(=O)O)C1. The van der Waals surface area contributed by atoms with Crippen molar-refractivity contribution in [2.45, 2.75) is 19.4 Å². The van der Waals surface area contributed by atoms with Crippen molar-refractivity contribution in [1.82, 2.24) is 15.1 Å². The molecular weight excluding hydrogens is 238 g/mol. The summed E-state index contributed by atoms with van der Waals surface area (Å²) in [7, 11) is 0. The maximum Gasteiger partial charge on any atom is 0.320 e. The molecule has 2 N–H and O–H groups in total. The van der Waals surface area contributed by atoms with Crippen molar-refractivity contribution in [3.8, 4) is 0 Å². The highest BCUT2D eigenvalue weighted by molar-refractivity contribution is 5.89. The van der Waals surface area contributed by atoms with Gasteiger partial charge in [-0.1, -0.05) is 6.92 Å². The van der Waals surface area contributed by atoms with Crippen molar-refractivity contribution < 1.29 is 19.5 Å². The van der Waals surface area contributed by atoms with E-state index >= 15 is 0 Å². The number of aliphatic carboxylic acids is 1. The molecule has 0 aromatic heterocycles. The van der Waals surface area contributed by atoms with Gasteiger partial charge < -0.3 is 20.2 Å². The minimum absolute atomic E-state index is 0.132. The van der Waals surface area contributed by atoms with Gasteiger partial charge >= 0.3 is 12.0 Å². The maximum atomic E-state index is 12.1. The molecule has 100 valence electrons. The normalized spacial score (nSPS) is 24.5. The van der Waals surface area contributed by atoms with E-state index < -0.39 is 17.9 Å². The number of nitrogens with zero attached hydrogens (tertiary/aromatic N) is 2. The number of nitrogens with one attached hydrogen (secondary N) is 1. The van der Waals surface area contributed by atoms with E-state index in [1.807, 2.05) is 6.92 Å². The monoisotopic (exact) mass is 255 g/mol. The first-order valence-electron chi connectivity index (χ1n) is 6.10. The average Bonchev–Trinajstić information content (AvgIpc) is 2.25. The largest absolute Gasteiger partial charge is 0.481 e. The van der Waals surface area contributed by atoms with Gasteiger partial charge in [-0.3, -0.25) is 9.59 Å². The molecule has 0 aromatic carbocycles. The van der Waals surface area contributed by atoms with Gasteiger partial charge in [-0.05, 0) is 6.42 Å². The highest BCUT2D eigenvalue weighted by Gasteiger charge is 2.41. The Morgan fingerprint density at radius 3 is 2.67 bits per heavy atom. The van der Waals surface area contributed by atoms with Crippen LogP contribution in [0.1, 0.15) is 13.3 Å². The molecule has 2 saturated heterocycles. The van der Waals surface area contributed by atoms with Gasteiger partial charge in [0.15, 0.2) is 0 Å². The lowest BCUT2D eigenvalue weighted by Gasteiger charge is -2.43. The Balaban J connectivity index is 1.96. The molecule has 2 fully saturated rings. The van der Waals surface area contributed by atoms with E-state index in [0.29, 0.717) is 19.5 Å². The van der Waals surface area contributed by atoms with Crippen LogP contribution in [0.15, 0.2) is 0 Å². The van der Waals surface area contributed by atoms with Crippen LogP contribution in [0.25, 0.3) is 0 Å². The number of carbonyl (C=O) groups excluding carboxylic acids is 2.